The summed E-state index contributed by atoms with van der Waals surface area (Å²) in [5.41, 5.74) is 1.64. The third kappa shape index (κ3) is 3.98. The second kappa shape index (κ2) is 6.70. The molecule has 0 radical (unpaired) electrons. The maximum absolute atomic E-state index is 12.3. The van der Waals surface area contributed by atoms with Crippen molar-refractivity contribution in [2.75, 3.05) is 0 Å². The molecule has 1 heterocycles. The number of hydrogen-bond acceptors (Lipinski definition) is 2. The Morgan fingerprint density at radius 1 is 1.21 bits per heavy atom. The third-order valence-electron chi connectivity index (χ3n) is 3.99. The summed E-state index contributed by atoms with van der Waals surface area (Å²) < 4.78 is 5.99. The van der Waals surface area contributed by atoms with E-state index in [0.717, 1.165) is 23.3 Å². The van der Waals surface area contributed by atoms with Gasteiger partial charge in [-0.2, -0.15) is 0 Å². The Hall–Kier alpha value is -2.26. The summed E-state index contributed by atoms with van der Waals surface area (Å²) in [6.07, 6.45) is 4.06. The average Bonchev–Trinajstić information content (AvgIpc) is 2.53. The van der Waals surface area contributed by atoms with Gasteiger partial charge in [-0.25, -0.2) is 0 Å². The summed E-state index contributed by atoms with van der Waals surface area (Å²) >= 11 is 5.86. The number of halogens is 1. The molecule has 124 valence electrons. The van der Waals surface area contributed by atoms with Crippen LogP contribution in [0.2, 0.25) is 5.02 Å². The van der Waals surface area contributed by atoms with Crippen molar-refractivity contribution in [1.82, 2.24) is 5.32 Å². The summed E-state index contributed by atoms with van der Waals surface area (Å²) in [4.78, 5) is 12.3. The van der Waals surface area contributed by atoms with Crippen LogP contribution in [-0.4, -0.2) is 11.5 Å². The molecule has 0 saturated carbocycles. The number of amides is 1. The van der Waals surface area contributed by atoms with Gasteiger partial charge in [0.15, 0.2) is 0 Å². The van der Waals surface area contributed by atoms with Crippen LogP contribution < -0.4 is 10.1 Å². The van der Waals surface area contributed by atoms with Crippen molar-refractivity contribution in [3.63, 3.8) is 0 Å². The van der Waals surface area contributed by atoms with Gasteiger partial charge in [0, 0.05) is 23.1 Å². The van der Waals surface area contributed by atoms with Gasteiger partial charge in [0.25, 0.3) is 0 Å². The zero-order chi connectivity index (χ0) is 17.2. The molecular weight excluding hydrogens is 322 g/mol. The van der Waals surface area contributed by atoms with Gasteiger partial charge in [0.2, 0.25) is 5.91 Å². The first-order valence-electron chi connectivity index (χ1n) is 7.95. The zero-order valence-electron chi connectivity index (χ0n) is 13.8. The van der Waals surface area contributed by atoms with Gasteiger partial charge in [-0.15, -0.1) is 0 Å². The van der Waals surface area contributed by atoms with Crippen LogP contribution in [0.3, 0.4) is 0 Å². The molecule has 0 fully saturated rings. The number of benzene rings is 2. The number of ether oxygens (including phenoxy) is 1. The first-order valence-corrected chi connectivity index (χ1v) is 8.33. The van der Waals surface area contributed by atoms with Gasteiger partial charge in [0.05, 0.1) is 6.04 Å². The quantitative estimate of drug-likeness (QED) is 0.816. The summed E-state index contributed by atoms with van der Waals surface area (Å²) in [5.74, 6) is 0.711. The van der Waals surface area contributed by atoms with Crippen LogP contribution in [0.25, 0.3) is 6.08 Å². The fourth-order valence-corrected chi connectivity index (χ4v) is 3.02. The highest BCUT2D eigenvalue weighted by Crippen LogP contribution is 2.39. The highest BCUT2D eigenvalue weighted by atomic mass is 35.5. The summed E-state index contributed by atoms with van der Waals surface area (Å²) in [7, 11) is 0. The number of rotatable bonds is 3. The van der Waals surface area contributed by atoms with Crippen LogP contribution in [0, 0.1) is 0 Å². The molecule has 4 heteroatoms. The topological polar surface area (TPSA) is 38.3 Å². The molecule has 0 spiro atoms. The zero-order valence-corrected chi connectivity index (χ0v) is 14.5. The molecule has 1 N–H and O–H groups in total. The normalized spacial score (nSPS) is 18.7. The van der Waals surface area contributed by atoms with Crippen LogP contribution in [0.1, 0.15) is 37.4 Å². The lowest BCUT2D eigenvalue weighted by molar-refractivity contribution is -0.117. The molecule has 1 aliphatic heterocycles. The Kier molecular flexibility index (Phi) is 4.63. The monoisotopic (exact) mass is 341 g/mol. The number of carbonyl (C=O) groups is 1. The van der Waals surface area contributed by atoms with Crippen molar-refractivity contribution in [3.05, 3.63) is 70.8 Å². The molecule has 0 bridgehead atoms. The predicted octanol–water partition coefficient (Wildman–Crippen LogP) is 4.77. The molecule has 1 amide bonds. The lowest BCUT2D eigenvalue weighted by Gasteiger charge is -2.37. The Morgan fingerprint density at radius 3 is 2.67 bits per heavy atom. The van der Waals surface area contributed by atoms with E-state index in [1.54, 1.807) is 24.3 Å². The van der Waals surface area contributed by atoms with Crippen LogP contribution in [0.15, 0.2) is 54.6 Å². The van der Waals surface area contributed by atoms with E-state index in [1.165, 1.54) is 0 Å². The standard InChI is InChI=1S/C20H20ClNO2/c1-20(2)13-17(16-5-3-4-6-18(16)24-20)22-19(23)12-9-14-7-10-15(21)11-8-14/h3-12,17H,13H2,1-2H3,(H,22,23)/b12-9+/t17-/m0/s1. The molecule has 0 aliphatic carbocycles. The van der Waals surface area contributed by atoms with E-state index in [9.17, 15) is 4.79 Å². The van der Waals surface area contributed by atoms with E-state index in [4.69, 9.17) is 16.3 Å². The molecule has 2 aromatic carbocycles. The molecule has 1 aliphatic rings. The Bertz CT molecular complexity index is 765. The van der Waals surface area contributed by atoms with Crippen LogP contribution in [0.4, 0.5) is 0 Å². The maximum Gasteiger partial charge on any atom is 0.244 e. The molecule has 24 heavy (non-hydrogen) atoms. The molecule has 0 aromatic heterocycles. The highest BCUT2D eigenvalue weighted by molar-refractivity contribution is 6.30. The van der Waals surface area contributed by atoms with E-state index < -0.39 is 0 Å². The fraction of sp³-hybridized carbons (Fsp3) is 0.250. The van der Waals surface area contributed by atoms with E-state index >= 15 is 0 Å². The van der Waals surface area contributed by atoms with Crippen LogP contribution in [-0.2, 0) is 4.79 Å². The SMILES string of the molecule is CC1(C)C[C@H](NC(=O)/C=C/c2ccc(Cl)cc2)c2ccccc2O1. The number of para-hydroxylation sites is 1. The van der Waals surface area contributed by atoms with Crippen molar-refractivity contribution in [2.24, 2.45) is 0 Å². The summed E-state index contributed by atoms with van der Waals surface area (Å²) in [6, 6.07) is 15.1. The fourth-order valence-electron chi connectivity index (χ4n) is 2.90. The highest BCUT2D eigenvalue weighted by Gasteiger charge is 2.33. The minimum atomic E-state index is -0.313. The van der Waals surface area contributed by atoms with Crippen molar-refractivity contribution in [1.29, 1.82) is 0 Å². The van der Waals surface area contributed by atoms with Gasteiger partial charge in [0.1, 0.15) is 11.4 Å². The first-order chi connectivity index (χ1) is 11.4. The van der Waals surface area contributed by atoms with Crippen molar-refractivity contribution in [2.45, 2.75) is 31.9 Å². The number of nitrogens with one attached hydrogen (secondary N) is 1. The van der Waals surface area contributed by atoms with Crippen LogP contribution >= 0.6 is 11.6 Å². The molecule has 2 aromatic rings. The van der Waals surface area contributed by atoms with E-state index in [1.807, 2.05) is 50.2 Å². The summed E-state index contributed by atoms with van der Waals surface area (Å²) in [6.45, 7) is 4.07. The Labute approximate surface area is 147 Å². The van der Waals surface area contributed by atoms with Crippen LogP contribution in [0.5, 0.6) is 5.75 Å². The second-order valence-electron chi connectivity index (χ2n) is 6.55. The maximum atomic E-state index is 12.3. The molecule has 3 rings (SSSR count). The smallest absolute Gasteiger partial charge is 0.244 e. The number of fused-ring (bicyclic) bond motifs is 1. The van der Waals surface area contributed by atoms with Gasteiger partial charge in [-0.05, 0) is 43.7 Å². The predicted molar refractivity (Wildman–Crippen MR) is 97.1 cm³/mol. The van der Waals surface area contributed by atoms with Gasteiger partial charge in [-0.3, -0.25) is 4.79 Å². The third-order valence-corrected chi connectivity index (χ3v) is 4.24. The summed E-state index contributed by atoms with van der Waals surface area (Å²) in [5, 5.41) is 3.76. The van der Waals surface area contributed by atoms with E-state index in [0.29, 0.717) is 5.02 Å². The lowest BCUT2D eigenvalue weighted by atomic mass is 9.89. The van der Waals surface area contributed by atoms with Crippen molar-refractivity contribution in [3.8, 4) is 5.75 Å². The Balaban J connectivity index is 1.73. The molecular formula is C20H20ClNO2. The largest absolute Gasteiger partial charge is 0.487 e. The molecule has 3 nitrogen and oxygen atoms in total. The minimum absolute atomic E-state index is 0.0627. The Morgan fingerprint density at radius 2 is 1.92 bits per heavy atom. The van der Waals surface area contributed by atoms with Gasteiger partial charge >= 0.3 is 0 Å². The van der Waals surface area contributed by atoms with E-state index in [2.05, 4.69) is 5.32 Å². The van der Waals surface area contributed by atoms with Crippen molar-refractivity contribution >= 4 is 23.6 Å². The average molecular weight is 342 g/mol. The number of hydrogen-bond donors (Lipinski definition) is 1. The first kappa shape index (κ1) is 16.6. The molecule has 1 atom stereocenters. The lowest BCUT2D eigenvalue weighted by Crippen LogP contribution is -2.40. The number of carbonyl (C=O) groups excluding carboxylic acids is 1. The molecule has 0 saturated heterocycles. The van der Waals surface area contributed by atoms with Gasteiger partial charge < -0.3 is 10.1 Å². The van der Waals surface area contributed by atoms with Gasteiger partial charge in [-0.1, -0.05) is 41.9 Å². The molecule has 0 unspecified atom stereocenters. The minimum Gasteiger partial charge on any atom is -0.487 e. The van der Waals surface area contributed by atoms with Crippen molar-refractivity contribution < 1.29 is 9.53 Å². The second-order valence-corrected chi connectivity index (χ2v) is 6.99. The van der Waals surface area contributed by atoms with E-state index in [-0.39, 0.29) is 17.6 Å².